The predicted octanol–water partition coefficient (Wildman–Crippen LogP) is 2.89. The molecule has 28 heavy (non-hydrogen) atoms. The Bertz CT molecular complexity index is 1050. The van der Waals surface area contributed by atoms with Crippen molar-refractivity contribution in [3.63, 3.8) is 0 Å². The SMILES string of the molecule is NC(=O)[C@@H](Sc1nc2ccccc2c(=O)n1C[C@H]1CCCO1)c1ccccc1. The number of amides is 1. The van der Waals surface area contributed by atoms with E-state index in [2.05, 4.69) is 4.98 Å². The van der Waals surface area contributed by atoms with Gasteiger partial charge < -0.3 is 10.5 Å². The second-order valence-corrected chi connectivity index (χ2v) is 7.85. The van der Waals surface area contributed by atoms with Crippen molar-refractivity contribution in [2.75, 3.05) is 6.61 Å². The first-order valence-electron chi connectivity index (χ1n) is 9.25. The molecule has 144 valence electrons. The topological polar surface area (TPSA) is 87.2 Å². The fourth-order valence-corrected chi connectivity index (χ4v) is 4.47. The third kappa shape index (κ3) is 3.81. The summed E-state index contributed by atoms with van der Waals surface area (Å²) in [5, 5.41) is 0.400. The van der Waals surface area contributed by atoms with E-state index in [4.69, 9.17) is 10.5 Å². The number of ether oxygens (including phenoxy) is 1. The molecule has 1 aromatic heterocycles. The van der Waals surface area contributed by atoms with Gasteiger partial charge in [-0.05, 0) is 30.5 Å². The lowest BCUT2D eigenvalue weighted by Gasteiger charge is -2.19. The number of thioether (sulfide) groups is 1. The highest BCUT2D eigenvalue weighted by Gasteiger charge is 2.25. The van der Waals surface area contributed by atoms with Gasteiger partial charge in [-0.2, -0.15) is 0 Å². The minimum absolute atomic E-state index is 0.0243. The zero-order valence-corrected chi connectivity index (χ0v) is 16.1. The number of aromatic nitrogens is 2. The zero-order valence-electron chi connectivity index (χ0n) is 15.3. The number of benzene rings is 2. The molecule has 1 saturated heterocycles. The van der Waals surface area contributed by atoms with E-state index in [0.29, 0.717) is 29.2 Å². The quantitative estimate of drug-likeness (QED) is 0.512. The lowest BCUT2D eigenvalue weighted by atomic mass is 10.1. The molecule has 0 unspecified atom stereocenters. The van der Waals surface area contributed by atoms with Crippen LogP contribution in [0.25, 0.3) is 10.9 Å². The fraction of sp³-hybridized carbons (Fsp3) is 0.286. The van der Waals surface area contributed by atoms with E-state index in [-0.39, 0.29) is 11.7 Å². The van der Waals surface area contributed by atoms with Crippen molar-refractivity contribution in [1.29, 1.82) is 0 Å². The summed E-state index contributed by atoms with van der Waals surface area (Å²) in [7, 11) is 0. The number of para-hydroxylation sites is 1. The Kier molecular flexibility index (Phi) is 5.45. The molecule has 0 aliphatic carbocycles. The summed E-state index contributed by atoms with van der Waals surface area (Å²) in [6.07, 6.45) is 1.86. The maximum atomic E-state index is 13.2. The van der Waals surface area contributed by atoms with Gasteiger partial charge in [-0.25, -0.2) is 4.98 Å². The molecule has 1 amide bonds. The normalized spacial score (nSPS) is 17.6. The highest BCUT2D eigenvalue weighted by molar-refractivity contribution is 8.00. The zero-order chi connectivity index (χ0) is 19.5. The number of carbonyl (C=O) groups is 1. The van der Waals surface area contributed by atoms with Crippen molar-refractivity contribution in [1.82, 2.24) is 9.55 Å². The van der Waals surface area contributed by atoms with Crippen molar-refractivity contribution in [2.24, 2.45) is 5.73 Å². The van der Waals surface area contributed by atoms with Crippen LogP contribution in [0.15, 0.2) is 64.5 Å². The van der Waals surface area contributed by atoms with E-state index >= 15 is 0 Å². The molecule has 6 nitrogen and oxygen atoms in total. The summed E-state index contributed by atoms with van der Waals surface area (Å²) in [6, 6.07) is 16.6. The molecular formula is C21H21N3O3S. The van der Waals surface area contributed by atoms with Gasteiger partial charge in [0.25, 0.3) is 5.56 Å². The Hall–Kier alpha value is -2.64. The number of rotatable bonds is 6. The number of carbonyl (C=O) groups excluding carboxylic acids is 1. The molecule has 2 N–H and O–H groups in total. The first kappa shape index (κ1) is 18.7. The predicted molar refractivity (Wildman–Crippen MR) is 109 cm³/mol. The number of nitrogens with two attached hydrogens (primary N) is 1. The molecule has 0 radical (unpaired) electrons. The van der Waals surface area contributed by atoms with Crippen molar-refractivity contribution in [3.05, 3.63) is 70.5 Å². The largest absolute Gasteiger partial charge is 0.376 e. The number of nitrogens with zero attached hydrogens (tertiary/aromatic N) is 2. The van der Waals surface area contributed by atoms with Crippen molar-refractivity contribution >= 4 is 28.6 Å². The third-order valence-electron chi connectivity index (χ3n) is 4.82. The van der Waals surface area contributed by atoms with E-state index in [0.717, 1.165) is 18.4 Å². The van der Waals surface area contributed by atoms with E-state index in [1.807, 2.05) is 42.5 Å². The summed E-state index contributed by atoms with van der Waals surface area (Å²) < 4.78 is 7.35. The molecule has 1 aliphatic rings. The summed E-state index contributed by atoms with van der Waals surface area (Å²) in [5.74, 6) is -0.470. The Balaban J connectivity index is 1.79. The Morgan fingerprint density at radius 3 is 2.68 bits per heavy atom. The monoisotopic (exact) mass is 395 g/mol. The minimum Gasteiger partial charge on any atom is -0.376 e. The van der Waals surface area contributed by atoms with Crippen LogP contribution in [0.5, 0.6) is 0 Å². The van der Waals surface area contributed by atoms with Crippen LogP contribution >= 0.6 is 11.8 Å². The molecular weight excluding hydrogens is 374 g/mol. The van der Waals surface area contributed by atoms with E-state index < -0.39 is 11.2 Å². The van der Waals surface area contributed by atoms with Crippen LogP contribution in [0.1, 0.15) is 23.7 Å². The van der Waals surface area contributed by atoms with Gasteiger partial charge in [0.1, 0.15) is 5.25 Å². The number of primary amides is 1. The highest BCUT2D eigenvalue weighted by Crippen LogP contribution is 2.34. The lowest BCUT2D eigenvalue weighted by Crippen LogP contribution is -2.29. The second-order valence-electron chi connectivity index (χ2n) is 6.77. The molecule has 1 fully saturated rings. The van der Waals surface area contributed by atoms with E-state index in [1.165, 1.54) is 11.8 Å². The molecule has 0 spiro atoms. The first-order chi connectivity index (χ1) is 13.6. The van der Waals surface area contributed by atoms with Crippen molar-refractivity contribution in [2.45, 2.75) is 35.9 Å². The molecule has 2 aromatic carbocycles. The average Bonchev–Trinajstić information content (AvgIpc) is 3.22. The summed E-state index contributed by atoms with van der Waals surface area (Å²) >= 11 is 1.21. The number of fused-ring (bicyclic) bond motifs is 1. The molecule has 7 heteroatoms. The summed E-state index contributed by atoms with van der Waals surface area (Å²) in [6.45, 7) is 1.12. The van der Waals surface area contributed by atoms with E-state index in [9.17, 15) is 9.59 Å². The maximum Gasteiger partial charge on any atom is 0.262 e. The van der Waals surface area contributed by atoms with Gasteiger partial charge in [-0.1, -0.05) is 54.2 Å². The number of hydrogen-bond donors (Lipinski definition) is 1. The van der Waals surface area contributed by atoms with Crippen LogP contribution < -0.4 is 11.3 Å². The van der Waals surface area contributed by atoms with Crippen LogP contribution in [0.2, 0.25) is 0 Å². The molecule has 3 aromatic rings. The van der Waals surface area contributed by atoms with Gasteiger partial charge in [0.05, 0.1) is 23.6 Å². The smallest absolute Gasteiger partial charge is 0.262 e. The van der Waals surface area contributed by atoms with Crippen LogP contribution in [0.3, 0.4) is 0 Å². The highest BCUT2D eigenvalue weighted by atomic mass is 32.2. The molecule has 0 bridgehead atoms. The van der Waals surface area contributed by atoms with Gasteiger partial charge in [0.2, 0.25) is 5.91 Å². The molecule has 4 rings (SSSR count). The van der Waals surface area contributed by atoms with Crippen LogP contribution in [0.4, 0.5) is 0 Å². The van der Waals surface area contributed by atoms with Crippen molar-refractivity contribution in [3.8, 4) is 0 Å². The molecule has 1 aliphatic heterocycles. The number of hydrogen-bond acceptors (Lipinski definition) is 5. The van der Waals surface area contributed by atoms with Crippen LogP contribution in [-0.4, -0.2) is 28.2 Å². The first-order valence-corrected chi connectivity index (χ1v) is 10.1. The fourth-order valence-electron chi connectivity index (χ4n) is 3.41. The van der Waals surface area contributed by atoms with Gasteiger partial charge in [0, 0.05) is 6.61 Å². The Morgan fingerprint density at radius 1 is 1.21 bits per heavy atom. The Labute approximate surface area is 166 Å². The maximum absolute atomic E-state index is 13.2. The van der Waals surface area contributed by atoms with Crippen molar-refractivity contribution < 1.29 is 9.53 Å². The summed E-state index contributed by atoms with van der Waals surface area (Å²) in [5.41, 5.74) is 6.95. The standard InChI is InChI=1S/C21H21N3O3S/c22-19(25)18(14-7-2-1-3-8-14)28-21-23-17-11-5-4-10-16(17)20(26)24(21)13-15-9-6-12-27-15/h1-5,7-8,10-11,15,18H,6,9,12-13H2,(H2,22,25)/t15-,18+/m1/s1. The summed E-state index contributed by atoms with van der Waals surface area (Å²) in [4.78, 5) is 30.0. The molecule has 0 saturated carbocycles. The molecule has 2 heterocycles. The Morgan fingerprint density at radius 2 is 1.96 bits per heavy atom. The van der Waals surface area contributed by atoms with Gasteiger partial charge in [-0.3, -0.25) is 14.2 Å². The van der Waals surface area contributed by atoms with Gasteiger partial charge in [-0.15, -0.1) is 0 Å². The van der Waals surface area contributed by atoms with Crippen LogP contribution in [-0.2, 0) is 16.1 Å². The lowest BCUT2D eigenvalue weighted by molar-refractivity contribution is -0.117. The van der Waals surface area contributed by atoms with Crippen LogP contribution in [0, 0.1) is 0 Å². The second kappa shape index (κ2) is 8.16. The molecule has 2 atom stereocenters. The third-order valence-corrected chi connectivity index (χ3v) is 6.08. The van der Waals surface area contributed by atoms with Gasteiger partial charge in [0.15, 0.2) is 5.16 Å². The van der Waals surface area contributed by atoms with E-state index in [1.54, 1.807) is 16.7 Å². The van der Waals surface area contributed by atoms with Gasteiger partial charge >= 0.3 is 0 Å². The average molecular weight is 395 g/mol. The minimum atomic E-state index is -0.634.